The molecule has 2 fully saturated rings. The molecule has 1 heterocycles. The topological polar surface area (TPSA) is 75.9 Å². The van der Waals surface area contributed by atoms with Gasteiger partial charge in [-0.2, -0.15) is 0 Å². The van der Waals surface area contributed by atoms with Gasteiger partial charge >= 0.3 is 6.09 Å². The molecule has 0 radical (unpaired) electrons. The summed E-state index contributed by atoms with van der Waals surface area (Å²) in [7, 11) is 0. The molecule has 1 aliphatic carbocycles. The molecule has 0 spiro atoms. The maximum absolute atomic E-state index is 12.7. The zero-order valence-electron chi connectivity index (χ0n) is 15.7. The van der Waals surface area contributed by atoms with Crippen molar-refractivity contribution in [1.82, 2.24) is 9.80 Å². The predicted molar refractivity (Wildman–Crippen MR) is 93.5 cm³/mol. The van der Waals surface area contributed by atoms with Crippen molar-refractivity contribution in [2.45, 2.75) is 84.0 Å². The molecule has 2 atom stereocenters. The fraction of sp³-hybridized carbons (Fsp3) is 0.889. The number of nitrogens with zero attached hydrogens (tertiary/aromatic N) is 2. The van der Waals surface area contributed by atoms with Gasteiger partial charge in [-0.25, -0.2) is 4.79 Å². The maximum atomic E-state index is 12.7. The second-order valence-electron chi connectivity index (χ2n) is 8.46. The Morgan fingerprint density at radius 3 is 2.38 bits per heavy atom. The highest BCUT2D eigenvalue weighted by Crippen LogP contribution is 2.30. The van der Waals surface area contributed by atoms with E-state index in [0.29, 0.717) is 19.1 Å². The monoisotopic (exact) mass is 339 g/mol. The molecule has 1 saturated carbocycles. The molecular weight excluding hydrogens is 306 g/mol. The Labute approximate surface area is 145 Å². The normalized spacial score (nSPS) is 22.6. The predicted octanol–water partition coefficient (Wildman–Crippen LogP) is 2.36. The van der Waals surface area contributed by atoms with Crippen molar-refractivity contribution >= 4 is 12.0 Å². The van der Waals surface area contributed by atoms with Crippen molar-refractivity contribution in [3.05, 3.63) is 0 Å². The summed E-state index contributed by atoms with van der Waals surface area (Å²) in [6, 6.07) is -0.144. The van der Waals surface area contributed by atoms with Gasteiger partial charge in [0.05, 0.1) is 12.1 Å². The molecule has 2 aliphatic rings. The lowest BCUT2D eigenvalue weighted by atomic mass is 10.0. The average Bonchev–Trinajstić information content (AvgIpc) is 3.19. The van der Waals surface area contributed by atoms with Gasteiger partial charge in [-0.1, -0.05) is 13.8 Å². The lowest BCUT2D eigenvalue weighted by Gasteiger charge is -2.34. The molecule has 0 bridgehead atoms. The zero-order chi connectivity index (χ0) is 18.1. The molecule has 0 aromatic rings. The van der Waals surface area contributed by atoms with Crippen LogP contribution in [0.1, 0.15) is 60.3 Å². The summed E-state index contributed by atoms with van der Waals surface area (Å²) in [6.45, 7) is 10.8. The molecule has 0 aromatic heterocycles. The van der Waals surface area contributed by atoms with Crippen LogP contribution in [0.25, 0.3) is 0 Å². The minimum atomic E-state index is -0.504. The van der Waals surface area contributed by atoms with Crippen LogP contribution in [0.2, 0.25) is 0 Å². The Morgan fingerprint density at radius 1 is 1.25 bits per heavy atom. The smallest absolute Gasteiger partial charge is 0.410 e. The third-order valence-electron chi connectivity index (χ3n) is 4.69. The zero-order valence-corrected chi connectivity index (χ0v) is 15.7. The van der Waals surface area contributed by atoms with Gasteiger partial charge in [0, 0.05) is 19.1 Å². The van der Waals surface area contributed by atoms with Crippen LogP contribution in [0.4, 0.5) is 4.79 Å². The van der Waals surface area contributed by atoms with Crippen LogP contribution in [0, 0.1) is 5.92 Å². The quantitative estimate of drug-likeness (QED) is 0.834. The highest BCUT2D eigenvalue weighted by Gasteiger charge is 2.40. The highest BCUT2D eigenvalue weighted by atomic mass is 16.6. The Kier molecular flexibility index (Phi) is 5.78. The van der Waals surface area contributed by atoms with E-state index >= 15 is 0 Å². The fourth-order valence-corrected chi connectivity index (χ4v) is 3.10. The molecule has 6 heteroatoms. The van der Waals surface area contributed by atoms with E-state index in [1.165, 1.54) is 0 Å². The molecule has 24 heavy (non-hydrogen) atoms. The molecule has 0 aromatic carbocycles. The summed E-state index contributed by atoms with van der Waals surface area (Å²) in [4.78, 5) is 28.9. The van der Waals surface area contributed by atoms with Gasteiger partial charge in [0.25, 0.3) is 0 Å². The molecule has 0 unspecified atom stereocenters. The molecule has 6 nitrogen and oxygen atoms in total. The minimum Gasteiger partial charge on any atom is -0.444 e. The number of nitrogens with two attached hydrogens (primary N) is 1. The van der Waals surface area contributed by atoms with Crippen molar-refractivity contribution in [3.63, 3.8) is 0 Å². The first-order chi connectivity index (χ1) is 11.1. The molecule has 138 valence electrons. The fourth-order valence-electron chi connectivity index (χ4n) is 3.10. The van der Waals surface area contributed by atoms with Gasteiger partial charge in [0.1, 0.15) is 5.60 Å². The van der Waals surface area contributed by atoms with E-state index in [1.54, 1.807) is 4.90 Å². The summed E-state index contributed by atoms with van der Waals surface area (Å²) < 4.78 is 5.51. The number of hydrogen-bond acceptors (Lipinski definition) is 4. The Morgan fingerprint density at radius 2 is 1.88 bits per heavy atom. The van der Waals surface area contributed by atoms with E-state index in [4.69, 9.17) is 10.5 Å². The van der Waals surface area contributed by atoms with E-state index < -0.39 is 11.6 Å². The second-order valence-corrected chi connectivity index (χ2v) is 8.46. The first-order valence-corrected chi connectivity index (χ1v) is 9.16. The van der Waals surface area contributed by atoms with E-state index in [1.807, 2.05) is 39.5 Å². The SMILES string of the molecule is CC(C)[C@H](N)C(=O)N(C[C@@H]1CCCN1C(=O)OC(C)(C)C)C1CC1. The van der Waals surface area contributed by atoms with E-state index in [9.17, 15) is 9.59 Å². The van der Waals surface area contributed by atoms with Gasteiger partial charge in [0.2, 0.25) is 5.91 Å². The van der Waals surface area contributed by atoms with Crippen molar-refractivity contribution in [1.29, 1.82) is 0 Å². The summed E-state index contributed by atoms with van der Waals surface area (Å²) in [5.74, 6) is 0.132. The number of likely N-dealkylation sites (tertiary alicyclic amines) is 1. The van der Waals surface area contributed by atoms with Gasteiger partial charge < -0.3 is 20.3 Å². The third-order valence-corrected chi connectivity index (χ3v) is 4.69. The van der Waals surface area contributed by atoms with Crippen LogP contribution in [0.5, 0.6) is 0 Å². The largest absolute Gasteiger partial charge is 0.444 e. The van der Waals surface area contributed by atoms with Gasteiger partial charge in [-0.05, 0) is 52.4 Å². The van der Waals surface area contributed by atoms with Crippen LogP contribution < -0.4 is 5.73 Å². The number of ether oxygens (including phenoxy) is 1. The highest BCUT2D eigenvalue weighted by molar-refractivity contribution is 5.82. The maximum Gasteiger partial charge on any atom is 0.410 e. The van der Waals surface area contributed by atoms with Gasteiger partial charge in [-0.3, -0.25) is 4.79 Å². The lowest BCUT2D eigenvalue weighted by molar-refractivity contribution is -0.135. The first kappa shape index (κ1) is 19.0. The molecular formula is C18H33N3O3. The summed E-state index contributed by atoms with van der Waals surface area (Å²) in [5, 5.41) is 0. The number of carbonyl (C=O) groups is 2. The van der Waals surface area contributed by atoms with Gasteiger partial charge in [0.15, 0.2) is 0 Å². The Balaban J connectivity index is 2.03. The van der Waals surface area contributed by atoms with Gasteiger partial charge in [-0.15, -0.1) is 0 Å². The standard InChI is InChI=1S/C18H33N3O3/c1-12(2)15(19)16(22)21(13-8-9-13)11-14-7-6-10-20(14)17(23)24-18(3,4)5/h12-15H,6-11,19H2,1-5H3/t14-,15-/m0/s1. The Hall–Kier alpha value is -1.30. The molecule has 2 rings (SSSR count). The van der Waals surface area contributed by atoms with Crippen LogP contribution in [0.3, 0.4) is 0 Å². The number of hydrogen-bond donors (Lipinski definition) is 1. The second kappa shape index (κ2) is 7.30. The first-order valence-electron chi connectivity index (χ1n) is 9.16. The van der Waals surface area contributed by atoms with Crippen molar-refractivity contribution in [2.24, 2.45) is 11.7 Å². The van der Waals surface area contributed by atoms with Crippen LogP contribution in [0.15, 0.2) is 0 Å². The summed E-state index contributed by atoms with van der Waals surface area (Å²) >= 11 is 0. The molecule has 1 saturated heterocycles. The third kappa shape index (κ3) is 4.85. The molecule has 2 amide bonds. The number of amides is 2. The number of carbonyl (C=O) groups excluding carboxylic acids is 2. The van der Waals surface area contributed by atoms with Crippen LogP contribution in [-0.4, -0.2) is 58.6 Å². The average molecular weight is 339 g/mol. The van der Waals surface area contributed by atoms with Crippen LogP contribution >= 0.6 is 0 Å². The van der Waals surface area contributed by atoms with E-state index in [0.717, 1.165) is 25.7 Å². The Bertz CT molecular complexity index is 469. The van der Waals surface area contributed by atoms with Crippen molar-refractivity contribution < 1.29 is 14.3 Å². The lowest BCUT2D eigenvalue weighted by Crippen LogP contribution is -2.52. The van der Waals surface area contributed by atoms with E-state index in [2.05, 4.69) is 0 Å². The molecule has 2 N–H and O–H groups in total. The van der Waals surface area contributed by atoms with Crippen LogP contribution in [-0.2, 0) is 9.53 Å². The summed E-state index contributed by atoms with van der Waals surface area (Å²) in [5.41, 5.74) is 5.58. The minimum absolute atomic E-state index is 0.0172. The van der Waals surface area contributed by atoms with E-state index in [-0.39, 0.29) is 24.0 Å². The van der Waals surface area contributed by atoms with Crippen molar-refractivity contribution in [2.75, 3.05) is 13.1 Å². The molecule has 1 aliphatic heterocycles. The number of rotatable bonds is 5. The summed E-state index contributed by atoms with van der Waals surface area (Å²) in [6.07, 6.45) is 3.66. The van der Waals surface area contributed by atoms with Crippen molar-refractivity contribution in [3.8, 4) is 0 Å².